The third-order valence-electron chi connectivity index (χ3n) is 7.51. The second-order valence-electron chi connectivity index (χ2n) is 11.5. The van der Waals surface area contributed by atoms with E-state index in [4.69, 9.17) is 14.2 Å². The number of ether oxygens (including phenoxy) is 3. The number of amides is 3. The maximum atomic E-state index is 12.7. The van der Waals surface area contributed by atoms with Gasteiger partial charge in [-0.2, -0.15) is 0 Å². The molecular weight excluding hydrogens is 594 g/mol. The van der Waals surface area contributed by atoms with Gasteiger partial charge < -0.3 is 30.2 Å². The zero-order valence-electron chi connectivity index (χ0n) is 28.2. The Bertz CT molecular complexity index is 1320. The number of benzene rings is 3. The molecule has 0 unspecified atom stereocenters. The number of carbonyl (C=O) groups excluding carboxylic acids is 3. The van der Waals surface area contributed by atoms with E-state index >= 15 is 0 Å². The normalized spacial score (nSPS) is 10.6. The maximum Gasteiger partial charge on any atom is 0.257 e. The number of carbonyl (C=O) groups is 3. The van der Waals surface area contributed by atoms with Crippen LogP contribution < -0.4 is 30.2 Å². The van der Waals surface area contributed by atoms with Crippen molar-refractivity contribution >= 4 is 17.7 Å². The maximum absolute atomic E-state index is 12.7. The van der Waals surface area contributed by atoms with E-state index in [1.165, 1.54) is 0 Å². The minimum atomic E-state index is -0.185. The highest BCUT2D eigenvalue weighted by Crippen LogP contribution is 2.33. The third kappa shape index (κ3) is 13.4. The summed E-state index contributed by atoms with van der Waals surface area (Å²) in [4.78, 5) is 37.3. The molecule has 254 valence electrons. The average molecular weight is 646 g/mol. The zero-order valence-corrected chi connectivity index (χ0v) is 28.2. The summed E-state index contributed by atoms with van der Waals surface area (Å²) < 4.78 is 18.2. The first-order chi connectivity index (χ1) is 22.9. The summed E-state index contributed by atoms with van der Waals surface area (Å²) in [6.45, 7) is 7.80. The summed E-state index contributed by atoms with van der Waals surface area (Å²) in [7, 11) is 0. The van der Waals surface area contributed by atoms with Crippen molar-refractivity contribution in [3.05, 3.63) is 89.0 Å². The van der Waals surface area contributed by atoms with Gasteiger partial charge in [0.25, 0.3) is 17.7 Å². The van der Waals surface area contributed by atoms with Crippen molar-refractivity contribution in [1.29, 1.82) is 0 Å². The fourth-order valence-corrected chi connectivity index (χ4v) is 4.88. The van der Waals surface area contributed by atoms with Crippen LogP contribution in [0.3, 0.4) is 0 Å². The van der Waals surface area contributed by atoms with Crippen LogP contribution in [0.1, 0.15) is 81.5 Å². The first-order valence-electron chi connectivity index (χ1n) is 16.9. The largest absolute Gasteiger partial charge is 0.483 e. The van der Waals surface area contributed by atoms with E-state index in [9.17, 15) is 14.4 Å². The lowest BCUT2D eigenvalue weighted by molar-refractivity contribution is -0.123. The number of unbranched alkanes of at least 4 members (excludes halogenated alkanes) is 3. The fraction of sp³-hybridized carbons (Fsp3) is 0.447. The Morgan fingerprint density at radius 3 is 1.26 bits per heavy atom. The van der Waals surface area contributed by atoms with Crippen LogP contribution in [-0.4, -0.2) is 57.2 Å². The van der Waals surface area contributed by atoms with Crippen LogP contribution in [0.15, 0.2) is 66.7 Å². The summed E-state index contributed by atoms with van der Waals surface area (Å²) >= 11 is 0. The number of rotatable bonds is 22. The Morgan fingerprint density at radius 1 is 0.489 bits per heavy atom. The van der Waals surface area contributed by atoms with E-state index in [0.717, 1.165) is 60.8 Å². The molecule has 3 aromatic carbocycles. The van der Waals surface area contributed by atoms with E-state index in [2.05, 4.69) is 36.7 Å². The van der Waals surface area contributed by atoms with E-state index < -0.39 is 0 Å². The van der Waals surface area contributed by atoms with Crippen LogP contribution in [0, 0.1) is 0 Å². The van der Waals surface area contributed by atoms with Crippen molar-refractivity contribution in [3.8, 4) is 17.2 Å². The molecule has 0 heterocycles. The highest BCUT2D eigenvalue weighted by molar-refractivity contribution is 5.78. The molecule has 3 N–H and O–H groups in total. The van der Waals surface area contributed by atoms with Crippen LogP contribution in [0.25, 0.3) is 0 Å². The van der Waals surface area contributed by atoms with Gasteiger partial charge in [-0.05, 0) is 53.6 Å². The SMILES string of the molecule is CCCCNC(=O)COc1ccccc1Cc1cccc(Cc2ccccc2OCC(=O)NCCCC)c1OCC(=O)NCCCC. The molecule has 0 radical (unpaired) electrons. The second kappa shape index (κ2) is 21.3. The smallest absolute Gasteiger partial charge is 0.257 e. The van der Waals surface area contributed by atoms with Crippen LogP contribution in [-0.2, 0) is 27.2 Å². The first-order valence-corrected chi connectivity index (χ1v) is 16.9. The Labute approximate surface area is 279 Å². The van der Waals surface area contributed by atoms with Gasteiger partial charge in [0.15, 0.2) is 19.8 Å². The lowest BCUT2D eigenvalue weighted by atomic mass is 9.96. The van der Waals surface area contributed by atoms with E-state index in [1.54, 1.807) is 0 Å². The van der Waals surface area contributed by atoms with Crippen molar-refractivity contribution in [2.75, 3.05) is 39.5 Å². The van der Waals surface area contributed by atoms with Gasteiger partial charge in [-0.25, -0.2) is 0 Å². The number of nitrogens with one attached hydrogen (secondary N) is 3. The van der Waals surface area contributed by atoms with E-state index in [1.807, 2.05) is 66.7 Å². The Morgan fingerprint density at radius 2 is 0.851 bits per heavy atom. The van der Waals surface area contributed by atoms with E-state index in [0.29, 0.717) is 49.7 Å². The molecular formula is C38H51N3O6. The highest BCUT2D eigenvalue weighted by atomic mass is 16.5. The zero-order chi connectivity index (χ0) is 33.7. The summed E-state index contributed by atoms with van der Waals surface area (Å²) in [6.07, 6.45) is 6.65. The van der Waals surface area contributed by atoms with Crippen LogP contribution in [0.4, 0.5) is 0 Å². The van der Waals surface area contributed by atoms with Crippen molar-refractivity contribution in [2.24, 2.45) is 0 Å². The summed E-state index contributed by atoms with van der Waals surface area (Å²) in [5.41, 5.74) is 3.53. The summed E-state index contributed by atoms with van der Waals surface area (Å²) in [5, 5.41) is 8.69. The predicted octanol–water partition coefficient (Wildman–Crippen LogP) is 5.75. The topological polar surface area (TPSA) is 115 Å². The fourth-order valence-electron chi connectivity index (χ4n) is 4.88. The standard InChI is InChI=1S/C38H51N3O6/c1-4-7-21-39-35(42)26-45-33-19-12-10-15-29(33)24-31-17-14-18-32(38(31)47-28-37(44)41-23-9-6-3)25-30-16-11-13-20-34(30)46-27-36(43)40-22-8-5-2/h10-20H,4-9,21-28H2,1-3H3,(H,39,42)(H,40,43)(H,41,44). The predicted molar refractivity (Wildman–Crippen MR) is 185 cm³/mol. The number of hydrogen-bond acceptors (Lipinski definition) is 6. The molecule has 3 amide bonds. The van der Waals surface area contributed by atoms with Gasteiger partial charge in [-0.1, -0.05) is 94.6 Å². The van der Waals surface area contributed by atoms with Crippen molar-refractivity contribution in [2.45, 2.75) is 72.1 Å². The van der Waals surface area contributed by atoms with Crippen molar-refractivity contribution in [1.82, 2.24) is 16.0 Å². The molecule has 0 atom stereocenters. The first kappa shape index (κ1) is 36.9. The van der Waals surface area contributed by atoms with Crippen LogP contribution in [0.5, 0.6) is 17.2 Å². The van der Waals surface area contributed by atoms with Gasteiger partial charge in [0.05, 0.1) is 0 Å². The summed E-state index contributed by atoms with van der Waals surface area (Å²) in [6, 6.07) is 21.2. The van der Waals surface area contributed by atoms with Crippen molar-refractivity contribution < 1.29 is 28.6 Å². The molecule has 0 aliphatic rings. The molecule has 9 heteroatoms. The Hall–Kier alpha value is -4.53. The molecule has 0 aliphatic carbocycles. The molecule has 0 saturated heterocycles. The minimum absolute atomic E-state index is 0.0739. The van der Waals surface area contributed by atoms with Gasteiger partial charge in [0, 0.05) is 32.5 Å². The lowest BCUT2D eigenvalue weighted by Crippen LogP contribution is -2.30. The number of para-hydroxylation sites is 3. The number of hydrogen-bond donors (Lipinski definition) is 3. The lowest BCUT2D eigenvalue weighted by Gasteiger charge is -2.19. The molecule has 0 saturated carbocycles. The van der Waals surface area contributed by atoms with Crippen LogP contribution >= 0.6 is 0 Å². The molecule has 47 heavy (non-hydrogen) atoms. The van der Waals surface area contributed by atoms with E-state index in [-0.39, 0.29) is 37.5 Å². The molecule has 0 fully saturated rings. The third-order valence-corrected chi connectivity index (χ3v) is 7.51. The van der Waals surface area contributed by atoms with Crippen LogP contribution in [0.2, 0.25) is 0 Å². The molecule has 0 bridgehead atoms. The Balaban J connectivity index is 1.84. The summed E-state index contributed by atoms with van der Waals surface area (Å²) in [5.74, 6) is 1.33. The quantitative estimate of drug-likeness (QED) is 0.120. The van der Waals surface area contributed by atoms with Crippen molar-refractivity contribution in [3.63, 3.8) is 0 Å². The molecule has 9 nitrogen and oxygen atoms in total. The molecule has 0 aliphatic heterocycles. The van der Waals surface area contributed by atoms with Gasteiger partial charge in [-0.15, -0.1) is 0 Å². The molecule has 0 aromatic heterocycles. The second-order valence-corrected chi connectivity index (χ2v) is 11.5. The minimum Gasteiger partial charge on any atom is -0.483 e. The van der Waals surface area contributed by atoms with Gasteiger partial charge in [-0.3, -0.25) is 14.4 Å². The molecule has 3 rings (SSSR count). The average Bonchev–Trinajstić information content (AvgIpc) is 3.07. The monoisotopic (exact) mass is 645 g/mol. The Kier molecular flexibility index (Phi) is 16.7. The highest BCUT2D eigenvalue weighted by Gasteiger charge is 2.17. The molecule has 0 spiro atoms. The molecule has 3 aromatic rings. The van der Waals surface area contributed by atoms with Gasteiger partial charge in [0.1, 0.15) is 17.2 Å². The van der Waals surface area contributed by atoms with Gasteiger partial charge >= 0.3 is 0 Å². The van der Waals surface area contributed by atoms with Gasteiger partial charge in [0.2, 0.25) is 0 Å².